The summed E-state index contributed by atoms with van der Waals surface area (Å²) >= 11 is 0. The number of hydrogen-bond donors (Lipinski definition) is 3. The van der Waals surface area contributed by atoms with Crippen LogP contribution in [0, 0.1) is 11.8 Å². The van der Waals surface area contributed by atoms with Crippen molar-refractivity contribution in [2.24, 2.45) is 17.6 Å². The Labute approximate surface area is 115 Å². The molecule has 1 aliphatic carbocycles. The maximum Gasteiger partial charge on any atom is 0.312 e. The molecule has 110 valence electrons. The van der Waals surface area contributed by atoms with Gasteiger partial charge in [-0.25, -0.2) is 4.79 Å². The van der Waals surface area contributed by atoms with Crippen LogP contribution in [0.4, 0.5) is 4.79 Å². The third-order valence-corrected chi connectivity index (χ3v) is 4.16. The zero-order valence-corrected chi connectivity index (χ0v) is 12.2. The summed E-state index contributed by atoms with van der Waals surface area (Å²) in [6, 6.07) is -0.926. The van der Waals surface area contributed by atoms with E-state index in [4.69, 9.17) is 5.73 Å². The summed E-state index contributed by atoms with van der Waals surface area (Å²) in [5, 5.41) is 5.61. The van der Waals surface area contributed by atoms with Crippen molar-refractivity contribution in [1.29, 1.82) is 0 Å². The van der Waals surface area contributed by atoms with Crippen molar-refractivity contribution >= 4 is 11.9 Å². The number of carbonyl (C=O) groups excluding carboxylic acids is 2. The molecule has 0 bridgehead atoms. The van der Waals surface area contributed by atoms with Crippen LogP contribution < -0.4 is 16.4 Å². The molecule has 1 saturated carbocycles. The molecule has 0 aromatic carbocycles. The van der Waals surface area contributed by atoms with Gasteiger partial charge in [0.05, 0.1) is 0 Å². The molecular weight excluding hydrogens is 242 g/mol. The SMILES string of the molecule is CC[C@@H](C)[C@@H](NC(N)=O)C(=O)NC1CCC(C)CC1. The first-order valence-corrected chi connectivity index (χ1v) is 7.30. The minimum atomic E-state index is -0.641. The summed E-state index contributed by atoms with van der Waals surface area (Å²) < 4.78 is 0. The Hall–Kier alpha value is -1.26. The maximum atomic E-state index is 12.2. The summed E-state index contributed by atoms with van der Waals surface area (Å²) in [5.74, 6) is 0.727. The summed E-state index contributed by atoms with van der Waals surface area (Å²) in [6.45, 7) is 6.19. The van der Waals surface area contributed by atoms with Crippen LogP contribution >= 0.6 is 0 Å². The second kappa shape index (κ2) is 7.36. The van der Waals surface area contributed by atoms with E-state index >= 15 is 0 Å². The van der Waals surface area contributed by atoms with E-state index in [-0.39, 0.29) is 17.9 Å². The fraction of sp³-hybridized carbons (Fsp3) is 0.857. The number of rotatable bonds is 5. The van der Waals surface area contributed by atoms with Gasteiger partial charge in [0.25, 0.3) is 0 Å². The molecule has 0 unspecified atom stereocenters. The quantitative estimate of drug-likeness (QED) is 0.710. The predicted molar refractivity (Wildman–Crippen MR) is 75.5 cm³/mol. The normalized spacial score (nSPS) is 26.3. The van der Waals surface area contributed by atoms with Gasteiger partial charge in [0.2, 0.25) is 5.91 Å². The third-order valence-electron chi connectivity index (χ3n) is 4.16. The Bertz CT molecular complexity index is 312. The maximum absolute atomic E-state index is 12.2. The number of carbonyl (C=O) groups is 2. The monoisotopic (exact) mass is 269 g/mol. The minimum absolute atomic E-state index is 0.0787. The van der Waals surface area contributed by atoms with Crippen molar-refractivity contribution < 1.29 is 9.59 Å². The van der Waals surface area contributed by atoms with Gasteiger partial charge >= 0.3 is 6.03 Å². The number of amides is 3. The van der Waals surface area contributed by atoms with Gasteiger partial charge in [-0.1, -0.05) is 27.2 Å². The first-order valence-electron chi connectivity index (χ1n) is 7.30. The lowest BCUT2D eigenvalue weighted by atomic mass is 9.87. The Kier molecular flexibility index (Phi) is 6.12. The second-order valence-electron chi connectivity index (χ2n) is 5.84. The lowest BCUT2D eigenvalue weighted by molar-refractivity contribution is -0.125. The van der Waals surface area contributed by atoms with Crippen molar-refractivity contribution in [3.63, 3.8) is 0 Å². The molecule has 0 heterocycles. The number of urea groups is 1. The lowest BCUT2D eigenvalue weighted by Crippen LogP contribution is -2.54. The molecule has 1 rings (SSSR count). The molecule has 0 spiro atoms. The molecule has 5 nitrogen and oxygen atoms in total. The Balaban J connectivity index is 2.53. The summed E-state index contributed by atoms with van der Waals surface area (Å²) in [5.41, 5.74) is 5.14. The van der Waals surface area contributed by atoms with E-state index in [1.54, 1.807) is 0 Å². The van der Waals surface area contributed by atoms with Gasteiger partial charge < -0.3 is 16.4 Å². The Morgan fingerprint density at radius 3 is 2.32 bits per heavy atom. The van der Waals surface area contributed by atoms with Crippen molar-refractivity contribution in [1.82, 2.24) is 10.6 Å². The van der Waals surface area contributed by atoms with Gasteiger partial charge in [-0.2, -0.15) is 0 Å². The molecule has 4 N–H and O–H groups in total. The number of nitrogens with one attached hydrogen (secondary N) is 2. The predicted octanol–water partition coefficient (Wildman–Crippen LogP) is 1.76. The van der Waals surface area contributed by atoms with Gasteiger partial charge in [-0.05, 0) is 37.5 Å². The van der Waals surface area contributed by atoms with E-state index in [9.17, 15) is 9.59 Å². The van der Waals surface area contributed by atoms with Crippen molar-refractivity contribution in [3.05, 3.63) is 0 Å². The molecule has 5 heteroatoms. The smallest absolute Gasteiger partial charge is 0.312 e. The number of nitrogens with two attached hydrogens (primary N) is 1. The van der Waals surface area contributed by atoms with Gasteiger partial charge in [-0.15, -0.1) is 0 Å². The van der Waals surface area contributed by atoms with Gasteiger partial charge in [0, 0.05) is 6.04 Å². The third kappa shape index (κ3) is 5.09. The van der Waals surface area contributed by atoms with Crippen molar-refractivity contribution in [2.75, 3.05) is 0 Å². The van der Waals surface area contributed by atoms with E-state index in [0.717, 1.165) is 38.0 Å². The highest BCUT2D eigenvalue weighted by atomic mass is 16.2. The van der Waals surface area contributed by atoms with Crippen LogP contribution in [0.25, 0.3) is 0 Å². The van der Waals surface area contributed by atoms with Crippen LogP contribution in [-0.2, 0) is 4.79 Å². The Morgan fingerprint density at radius 1 is 1.26 bits per heavy atom. The first kappa shape index (κ1) is 15.8. The number of hydrogen-bond acceptors (Lipinski definition) is 2. The van der Waals surface area contributed by atoms with Crippen LogP contribution in [0.2, 0.25) is 0 Å². The molecule has 0 aromatic heterocycles. The molecule has 0 radical (unpaired) electrons. The first-order chi connectivity index (χ1) is 8.93. The molecule has 0 aromatic rings. The summed E-state index contributed by atoms with van der Waals surface area (Å²) in [6.07, 6.45) is 5.18. The van der Waals surface area contributed by atoms with E-state index in [2.05, 4.69) is 17.6 Å². The van der Waals surface area contributed by atoms with Crippen LogP contribution in [0.1, 0.15) is 52.9 Å². The standard InChI is InChI=1S/C14H27N3O2/c1-4-10(3)12(17-14(15)19)13(18)16-11-7-5-9(2)6-8-11/h9-12H,4-8H2,1-3H3,(H,16,18)(H3,15,17,19)/t9?,10-,11?,12-/m1/s1. The zero-order valence-electron chi connectivity index (χ0n) is 12.2. The fourth-order valence-electron chi connectivity index (χ4n) is 2.55. The summed E-state index contributed by atoms with van der Waals surface area (Å²) in [7, 11) is 0. The lowest BCUT2D eigenvalue weighted by Gasteiger charge is -2.30. The highest BCUT2D eigenvalue weighted by Gasteiger charge is 2.28. The van der Waals surface area contributed by atoms with Gasteiger partial charge in [-0.3, -0.25) is 4.79 Å². The molecular formula is C14H27N3O2. The van der Waals surface area contributed by atoms with Crippen LogP contribution in [0.5, 0.6) is 0 Å². The average Bonchev–Trinajstić information content (AvgIpc) is 2.37. The molecule has 1 aliphatic rings. The largest absolute Gasteiger partial charge is 0.352 e. The zero-order chi connectivity index (χ0) is 14.4. The highest BCUT2D eigenvalue weighted by molar-refractivity contribution is 5.86. The molecule has 2 atom stereocenters. The minimum Gasteiger partial charge on any atom is -0.352 e. The summed E-state index contributed by atoms with van der Waals surface area (Å²) in [4.78, 5) is 23.2. The topological polar surface area (TPSA) is 84.2 Å². The molecule has 1 fully saturated rings. The Morgan fingerprint density at radius 2 is 1.84 bits per heavy atom. The van der Waals surface area contributed by atoms with Gasteiger partial charge in [0.1, 0.15) is 6.04 Å². The van der Waals surface area contributed by atoms with Crippen LogP contribution in [-0.4, -0.2) is 24.0 Å². The average molecular weight is 269 g/mol. The second-order valence-corrected chi connectivity index (χ2v) is 5.84. The van der Waals surface area contributed by atoms with Crippen LogP contribution in [0.3, 0.4) is 0 Å². The molecule has 0 aliphatic heterocycles. The molecule has 3 amide bonds. The fourth-order valence-corrected chi connectivity index (χ4v) is 2.55. The van der Waals surface area contributed by atoms with E-state index in [0.29, 0.717) is 0 Å². The van der Waals surface area contributed by atoms with Crippen LogP contribution in [0.15, 0.2) is 0 Å². The number of primary amides is 1. The van der Waals surface area contributed by atoms with Gasteiger partial charge in [0.15, 0.2) is 0 Å². The highest BCUT2D eigenvalue weighted by Crippen LogP contribution is 2.23. The van der Waals surface area contributed by atoms with E-state index in [1.165, 1.54) is 0 Å². The van der Waals surface area contributed by atoms with Crippen molar-refractivity contribution in [3.8, 4) is 0 Å². The molecule has 19 heavy (non-hydrogen) atoms. The van der Waals surface area contributed by atoms with Crippen molar-refractivity contribution in [2.45, 2.75) is 65.0 Å². The van der Waals surface area contributed by atoms with E-state index in [1.807, 2.05) is 13.8 Å². The van der Waals surface area contributed by atoms with E-state index < -0.39 is 12.1 Å². The molecule has 0 saturated heterocycles.